The van der Waals surface area contributed by atoms with Crippen LogP contribution in [0.2, 0.25) is 0 Å². The molecule has 0 aromatic rings. The van der Waals surface area contributed by atoms with Crippen molar-refractivity contribution in [3.63, 3.8) is 0 Å². The standard InChI is InChI=1S/C4H9O2P.Ti/c1-4(2,3)7(5)6;/h1-3H3;/q;-1/p+1. The van der Waals surface area contributed by atoms with Crippen molar-refractivity contribution in [2.24, 2.45) is 0 Å². The molecule has 0 saturated carbocycles. The van der Waals surface area contributed by atoms with Gasteiger partial charge in [-0.05, 0) is 0 Å². The summed E-state index contributed by atoms with van der Waals surface area (Å²) in [6, 6.07) is 0. The summed E-state index contributed by atoms with van der Waals surface area (Å²) in [6.45, 7) is 5.27. The van der Waals surface area contributed by atoms with Gasteiger partial charge in [0.15, 0.2) is 0 Å². The Morgan fingerprint density at radius 1 is 1.50 bits per heavy atom. The average Bonchev–Trinajstić information content (AvgIpc) is 1.25. The molecule has 0 aliphatic rings. The molecule has 0 aliphatic carbocycles. The van der Waals surface area contributed by atoms with Crippen LogP contribution in [-0.2, 0) is 24.5 Å². The van der Waals surface area contributed by atoms with E-state index in [2.05, 4.69) is 0 Å². The third-order valence-corrected chi connectivity index (χ3v) is 5.87. The van der Waals surface area contributed by atoms with Gasteiger partial charge in [-0.1, -0.05) is 0 Å². The van der Waals surface area contributed by atoms with E-state index in [1.54, 1.807) is 20.8 Å². The molecule has 4 heteroatoms. The number of hydrogen-bond acceptors (Lipinski definition) is 1. The van der Waals surface area contributed by atoms with Gasteiger partial charge in [0.2, 0.25) is 0 Å². The zero-order valence-electron chi connectivity index (χ0n) is 5.30. The molecule has 0 fully saturated rings. The van der Waals surface area contributed by atoms with Crippen molar-refractivity contribution in [2.75, 3.05) is 0 Å². The molecule has 1 N–H and O–H groups in total. The Labute approximate surface area is 61.0 Å². The molecule has 0 saturated heterocycles. The fourth-order valence-corrected chi connectivity index (χ4v) is 0. The van der Waals surface area contributed by atoms with E-state index in [9.17, 15) is 4.57 Å². The van der Waals surface area contributed by atoms with E-state index in [1.165, 1.54) is 19.9 Å². The van der Waals surface area contributed by atoms with Crippen LogP contribution in [0.3, 0.4) is 0 Å². The van der Waals surface area contributed by atoms with Crippen molar-refractivity contribution in [3.8, 4) is 0 Å². The van der Waals surface area contributed by atoms with Crippen LogP contribution in [0.5, 0.6) is 0 Å². The molecule has 0 rings (SSSR count). The summed E-state index contributed by atoms with van der Waals surface area (Å²) < 4.78 is 10.8. The van der Waals surface area contributed by atoms with Crippen molar-refractivity contribution < 1.29 is 29.4 Å². The molecule has 0 radical (unpaired) electrons. The zero-order chi connectivity index (χ0) is 7.00. The number of rotatable bonds is 0. The summed E-state index contributed by atoms with van der Waals surface area (Å²) in [7, 11) is 0. The molecule has 0 amide bonds. The van der Waals surface area contributed by atoms with Gasteiger partial charge in [-0.15, -0.1) is 0 Å². The van der Waals surface area contributed by atoms with E-state index in [1.807, 2.05) is 0 Å². The van der Waals surface area contributed by atoms with Gasteiger partial charge in [-0.2, -0.15) is 0 Å². The molecule has 1 unspecified atom stereocenters. The molecule has 0 bridgehead atoms. The van der Waals surface area contributed by atoms with Gasteiger partial charge < -0.3 is 0 Å². The second-order valence-electron chi connectivity index (χ2n) is 2.75. The van der Waals surface area contributed by atoms with Crippen LogP contribution in [0.15, 0.2) is 0 Å². The molecule has 8 heavy (non-hydrogen) atoms. The second-order valence-corrected chi connectivity index (χ2v) is 8.08. The fraction of sp³-hybridized carbons (Fsp3) is 1.00. The normalized spacial score (nSPS) is 19.9. The molecule has 47 valence electrons. The minimum atomic E-state index is -2.85. The van der Waals surface area contributed by atoms with Gasteiger partial charge in [0.05, 0.1) is 0 Å². The summed E-state index contributed by atoms with van der Waals surface area (Å²) in [5.74, 6) is 0. The zero-order valence-corrected chi connectivity index (χ0v) is 7.76. The molecule has 0 spiro atoms. The third-order valence-electron chi connectivity index (χ3n) is 0.909. The van der Waals surface area contributed by atoms with E-state index < -0.39 is 10.5 Å². The van der Waals surface area contributed by atoms with Gasteiger partial charge in [0.1, 0.15) is 0 Å². The first-order chi connectivity index (χ1) is 3.25. The van der Waals surface area contributed by atoms with E-state index in [-0.39, 0.29) is 0 Å². The van der Waals surface area contributed by atoms with Crippen LogP contribution in [0, 0.1) is 0 Å². The third kappa shape index (κ3) is 2.45. The fourth-order valence-electron chi connectivity index (χ4n) is 0. The van der Waals surface area contributed by atoms with Crippen molar-refractivity contribution in [1.82, 2.24) is 0 Å². The Morgan fingerprint density at radius 3 is 1.62 bits per heavy atom. The maximum absolute atomic E-state index is 10.8. The second kappa shape index (κ2) is 2.26. The Balaban J connectivity index is 4.26. The van der Waals surface area contributed by atoms with Crippen LogP contribution < -0.4 is 0 Å². The Kier molecular flexibility index (Phi) is 2.52. The Hall–Kier alpha value is 0.904. The van der Waals surface area contributed by atoms with E-state index in [0.717, 1.165) is 0 Å². The van der Waals surface area contributed by atoms with Crippen LogP contribution in [0.25, 0.3) is 0 Å². The molecule has 0 aliphatic heterocycles. The van der Waals surface area contributed by atoms with Gasteiger partial charge in [0, 0.05) is 0 Å². The first-order valence-corrected chi connectivity index (χ1v) is 6.08. The first-order valence-electron chi connectivity index (χ1n) is 2.33. The van der Waals surface area contributed by atoms with Crippen LogP contribution in [0.4, 0.5) is 0 Å². The molecule has 0 aromatic heterocycles. The van der Waals surface area contributed by atoms with E-state index >= 15 is 0 Å². The van der Waals surface area contributed by atoms with Crippen molar-refractivity contribution in [1.29, 1.82) is 0 Å². The predicted octanol–water partition coefficient (Wildman–Crippen LogP) is 1.52. The molecule has 2 nitrogen and oxygen atoms in total. The van der Waals surface area contributed by atoms with Gasteiger partial charge in [-0.25, -0.2) is 0 Å². The van der Waals surface area contributed by atoms with E-state index in [0.29, 0.717) is 0 Å². The van der Waals surface area contributed by atoms with Gasteiger partial charge in [0.25, 0.3) is 0 Å². The summed E-state index contributed by atoms with van der Waals surface area (Å²) in [6.07, 6.45) is 0. The Morgan fingerprint density at radius 2 is 1.62 bits per heavy atom. The van der Waals surface area contributed by atoms with Crippen LogP contribution in [-0.4, -0.2) is 10.0 Å². The molecule has 0 aromatic carbocycles. The summed E-state index contributed by atoms with van der Waals surface area (Å²) in [5, 5.41) is -3.30. The van der Waals surface area contributed by atoms with Crippen molar-refractivity contribution in [2.45, 2.75) is 25.9 Å². The minimum absolute atomic E-state index is 0.451. The predicted molar refractivity (Wildman–Crippen MR) is 29.6 cm³/mol. The first kappa shape index (κ1) is 8.90. The maximum atomic E-state index is 10.8. The molecular weight excluding hydrogens is 159 g/mol. The van der Waals surface area contributed by atoms with E-state index in [4.69, 9.17) is 4.89 Å². The molecule has 0 heterocycles. The van der Waals surface area contributed by atoms with Crippen molar-refractivity contribution >= 4 is 5.36 Å². The average molecular weight is 169 g/mol. The van der Waals surface area contributed by atoms with Crippen LogP contribution in [0.1, 0.15) is 20.8 Å². The molecular formula is C4H10O2PTi. The van der Waals surface area contributed by atoms with Crippen molar-refractivity contribution in [3.05, 3.63) is 0 Å². The summed E-state index contributed by atoms with van der Waals surface area (Å²) in [4.78, 5) is 8.91. The Bertz CT molecular complexity index is 120. The monoisotopic (exact) mass is 169 g/mol. The van der Waals surface area contributed by atoms with Gasteiger partial charge in [-0.3, -0.25) is 0 Å². The summed E-state index contributed by atoms with van der Waals surface area (Å²) in [5.41, 5.74) is 0. The quantitative estimate of drug-likeness (QED) is 0.440. The topological polar surface area (TPSA) is 37.3 Å². The van der Waals surface area contributed by atoms with Crippen LogP contribution >= 0.6 is 5.36 Å². The van der Waals surface area contributed by atoms with Gasteiger partial charge >= 0.3 is 60.7 Å². The SMILES string of the molecule is CC(C)(C)[P](=O)(O)[Ti]. The summed E-state index contributed by atoms with van der Waals surface area (Å²) >= 11 is 1.38. The molecule has 1 atom stereocenters. The number of hydrogen-bond donors (Lipinski definition) is 1.